The van der Waals surface area contributed by atoms with Crippen LogP contribution in [0.25, 0.3) is 17.2 Å². The summed E-state index contributed by atoms with van der Waals surface area (Å²) in [5, 5.41) is 0. The zero-order valence-electron chi connectivity index (χ0n) is 13.3. The second kappa shape index (κ2) is 7.05. The molecule has 2 heterocycles. The maximum absolute atomic E-state index is 12.1. The average Bonchev–Trinajstić information content (AvgIpc) is 3.18. The summed E-state index contributed by atoms with van der Waals surface area (Å²) in [6, 6.07) is 19.5. The smallest absolute Gasteiger partial charge is 0.363 e. The highest BCUT2D eigenvalue weighted by Crippen LogP contribution is 2.29. The maximum Gasteiger partial charge on any atom is 0.363 e. The van der Waals surface area contributed by atoms with Crippen LogP contribution in [-0.2, 0) is 9.53 Å². The number of carbonyl (C=O) groups is 1. The predicted molar refractivity (Wildman–Crippen MR) is 107 cm³/mol. The largest absolute Gasteiger partial charge is 0.449 e. The van der Waals surface area contributed by atoms with Gasteiger partial charge in [0.25, 0.3) is 0 Å². The number of cyclic esters (lactones) is 1. The van der Waals surface area contributed by atoms with Gasteiger partial charge in [0.15, 0.2) is 10.4 Å². The molecule has 3 aromatic rings. The molecule has 4 nitrogen and oxygen atoms in total. The lowest BCUT2D eigenvalue weighted by molar-refractivity contribution is -0.129. The van der Waals surface area contributed by atoms with Crippen LogP contribution in [0.3, 0.4) is 0 Å². The van der Waals surface area contributed by atoms with Crippen LogP contribution in [0.4, 0.5) is 0 Å². The number of furan rings is 1. The molecule has 0 spiro atoms. The molecule has 4 rings (SSSR count). The zero-order chi connectivity index (χ0) is 18.1. The van der Waals surface area contributed by atoms with Crippen molar-refractivity contribution in [1.29, 1.82) is 0 Å². The second-order valence-corrected chi connectivity index (χ2v) is 7.12. The van der Waals surface area contributed by atoms with Crippen LogP contribution < -0.4 is 0 Å². The number of esters is 1. The van der Waals surface area contributed by atoms with E-state index in [0.29, 0.717) is 10.4 Å². The van der Waals surface area contributed by atoms with Gasteiger partial charge in [0.1, 0.15) is 5.76 Å². The van der Waals surface area contributed by atoms with E-state index in [2.05, 4.69) is 36.9 Å². The maximum atomic E-state index is 12.1. The first-order valence-corrected chi connectivity index (χ1v) is 9.32. The Morgan fingerprint density at radius 2 is 1.54 bits per heavy atom. The summed E-state index contributed by atoms with van der Waals surface area (Å²) in [4.78, 5) is 16.4. The summed E-state index contributed by atoms with van der Waals surface area (Å²) in [7, 11) is 0. The Balaban J connectivity index is 1.61. The molecule has 0 saturated carbocycles. The van der Waals surface area contributed by atoms with Crippen LogP contribution >= 0.6 is 31.9 Å². The SMILES string of the molecule is O=C1OC(c2ccc(-c3ccccc3)cc2)=N/C1=C\c1cc(Br)c(Br)o1. The van der Waals surface area contributed by atoms with Gasteiger partial charge in [-0.2, -0.15) is 0 Å². The zero-order valence-corrected chi connectivity index (χ0v) is 16.5. The van der Waals surface area contributed by atoms with Crippen molar-refractivity contribution in [2.24, 2.45) is 4.99 Å². The van der Waals surface area contributed by atoms with Crippen LogP contribution in [0, 0.1) is 0 Å². The van der Waals surface area contributed by atoms with Gasteiger partial charge < -0.3 is 9.15 Å². The van der Waals surface area contributed by atoms with Crippen LogP contribution in [0.15, 0.2) is 84.9 Å². The molecule has 0 fully saturated rings. The third-order valence-corrected chi connectivity index (χ3v) is 5.51. The van der Waals surface area contributed by atoms with Crippen molar-refractivity contribution in [3.8, 4) is 11.1 Å². The van der Waals surface area contributed by atoms with E-state index in [1.165, 1.54) is 0 Å². The van der Waals surface area contributed by atoms with Crippen molar-refractivity contribution in [2.45, 2.75) is 0 Å². The van der Waals surface area contributed by atoms with Crippen molar-refractivity contribution >= 4 is 49.8 Å². The lowest BCUT2D eigenvalue weighted by Crippen LogP contribution is -2.05. The molecule has 6 heteroatoms. The van der Waals surface area contributed by atoms with Gasteiger partial charge in [0.2, 0.25) is 5.90 Å². The molecule has 0 bridgehead atoms. The molecular weight excluding hydrogens is 462 g/mol. The first-order valence-electron chi connectivity index (χ1n) is 7.73. The topological polar surface area (TPSA) is 51.8 Å². The molecule has 0 amide bonds. The quantitative estimate of drug-likeness (QED) is 0.356. The van der Waals surface area contributed by atoms with Gasteiger partial charge in [-0.05, 0) is 61.2 Å². The Morgan fingerprint density at radius 1 is 0.885 bits per heavy atom. The molecule has 0 N–H and O–H groups in total. The lowest BCUT2D eigenvalue weighted by atomic mass is 10.0. The van der Waals surface area contributed by atoms with Gasteiger partial charge >= 0.3 is 5.97 Å². The van der Waals surface area contributed by atoms with Crippen molar-refractivity contribution in [1.82, 2.24) is 0 Å². The summed E-state index contributed by atoms with van der Waals surface area (Å²) in [6.07, 6.45) is 1.54. The fourth-order valence-electron chi connectivity index (χ4n) is 2.54. The molecule has 0 unspecified atom stereocenters. The van der Waals surface area contributed by atoms with Crippen LogP contribution in [0.5, 0.6) is 0 Å². The number of benzene rings is 2. The van der Waals surface area contributed by atoms with E-state index in [1.54, 1.807) is 12.1 Å². The molecule has 0 atom stereocenters. The summed E-state index contributed by atoms with van der Waals surface area (Å²) in [5.74, 6) is 0.279. The normalized spacial score (nSPS) is 15.2. The number of hydrogen-bond donors (Lipinski definition) is 0. The van der Waals surface area contributed by atoms with Crippen molar-refractivity contribution in [3.05, 3.63) is 86.8 Å². The summed E-state index contributed by atoms with van der Waals surface area (Å²) >= 11 is 6.59. The number of rotatable bonds is 3. The van der Waals surface area contributed by atoms with Gasteiger partial charge in [0.05, 0.1) is 4.47 Å². The lowest BCUT2D eigenvalue weighted by Gasteiger charge is -2.03. The van der Waals surface area contributed by atoms with E-state index in [0.717, 1.165) is 21.2 Å². The van der Waals surface area contributed by atoms with Crippen LogP contribution in [0.2, 0.25) is 0 Å². The van der Waals surface area contributed by atoms with Crippen molar-refractivity contribution < 1.29 is 13.9 Å². The fourth-order valence-corrected chi connectivity index (χ4v) is 3.15. The predicted octanol–water partition coefficient (Wildman–Crippen LogP) is 5.82. The Morgan fingerprint density at radius 3 is 2.19 bits per heavy atom. The first-order chi connectivity index (χ1) is 12.6. The van der Waals surface area contributed by atoms with E-state index in [4.69, 9.17) is 9.15 Å². The number of nitrogens with zero attached hydrogens (tertiary/aromatic N) is 1. The molecule has 2 aromatic carbocycles. The minimum Gasteiger partial charge on any atom is -0.449 e. The van der Waals surface area contributed by atoms with Crippen molar-refractivity contribution in [3.63, 3.8) is 0 Å². The van der Waals surface area contributed by atoms with Crippen LogP contribution in [0.1, 0.15) is 11.3 Å². The molecule has 26 heavy (non-hydrogen) atoms. The van der Waals surface area contributed by atoms with Crippen molar-refractivity contribution in [2.75, 3.05) is 0 Å². The average molecular weight is 473 g/mol. The van der Waals surface area contributed by atoms with Gasteiger partial charge in [-0.3, -0.25) is 0 Å². The minimum absolute atomic E-state index is 0.195. The van der Waals surface area contributed by atoms with E-state index in [-0.39, 0.29) is 11.6 Å². The molecule has 1 aliphatic heterocycles. The highest BCUT2D eigenvalue weighted by molar-refractivity contribution is 9.13. The molecular formula is C20H11Br2NO3. The number of carbonyl (C=O) groups excluding carboxylic acids is 1. The Labute approximate surface area is 166 Å². The third kappa shape index (κ3) is 3.43. The number of aliphatic imine (C=N–C) groups is 1. The van der Waals surface area contributed by atoms with Gasteiger partial charge in [-0.1, -0.05) is 42.5 Å². The number of halogens is 2. The van der Waals surface area contributed by atoms with E-state index in [1.807, 2.05) is 54.6 Å². The van der Waals surface area contributed by atoms with E-state index >= 15 is 0 Å². The monoisotopic (exact) mass is 471 g/mol. The molecule has 0 saturated heterocycles. The summed E-state index contributed by atoms with van der Waals surface area (Å²) in [6.45, 7) is 0. The number of hydrogen-bond acceptors (Lipinski definition) is 4. The fraction of sp³-hybridized carbons (Fsp3) is 0. The minimum atomic E-state index is -0.504. The molecule has 128 valence electrons. The Kier molecular flexibility index (Phi) is 4.61. The van der Waals surface area contributed by atoms with Gasteiger partial charge in [0, 0.05) is 11.6 Å². The third-order valence-electron chi connectivity index (χ3n) is 3.80. The molecule has 1 aromatic heterocycles. The summed E-state index contributed by atoms with van der Waals surface area (Å²) < 4.78 is 12.1. The highest BCUT2D eigenvalue weighted by atomic mass is 79.9. The first kappa shape index (κ1) is 17.0. The standard InChI is InChI=1S/C20H11Br2NO3/c21-16-10-15(25-18(16)22)11-17-20(24)26-19(23-17)14-8-6-13(7-9-14)12-4-2-1-3-5-12/h1-11H/b17-11-. The number of ether oxygens (including phenoxy) is 1. The Hall–Kier alpha value is -2.44. The highest BCUT2D eigenvalue weighted by Gasteiger charge is 2.24. The second-order valence-electron chi connectivity index (χ2n) is 5.55. The van der Waals surface area contributed by atoms with Gasteiger partial charge in [-0.15, -0.1) is 0 Å². The van der Waals surface area contributed by atoms with Crippen LogP contribution in [-0.4, -0.2) is 11.9 Å². The Bertz CT molecular complexity index is 1020. The molecule has 0 radical (unpaired) electrons. The molecule has 0 aliphatic carbocycles. The van der Waals surface area contributed by atoms with Gasteiger partial charge in [-0.25, -0.2) is 9.79 Å². The van der Waals surface area contributed by atoms with E-state index < -0.39 is 5.97 Å². The molecule has 1 aliphatic rings. The van der Waals surface area contributed by atoms with E-state index in [9.17, 15) is 4.79 Å². The summed E-state index contributed by atoms with van der Waals surface area (Å²) in [5.41, 5.74) is 3.14.